The summed E-state index contributed by atoms with van der Waals surface area (Å²) >= 11 is 0. The van der Waals surface area contributed by atoms with Crippen LogP contribution in [0, 0.1) is 0 Å². The monoisotopic (exact) mass is 219 g/mol. The summed E-state index contributed by atoms with van der Waals surface area (Å²) in [5, 5.41) is 10.7. The number of rotatable bonds is 5. The molecule has 2 aromatic heterocycles. The number of nitrogens with one attached hydrogen (secondary N) is 1. The molecule has 0 unspecified atom stereocenters. The predicted molar refractivity (Wildman–Crippen MR) is 59.6 cm³/mol. The van der Waals surface area contributed by atoms with Gasteiger partial charge in [0.1, 0.15) is 5.82 Å². The molecule has 0 fully saturated rings. The fraction of sp³-hybridized carbons (Fsp3) is 0.333. The number of nitrogens with two attached hydrogens (primary N) is 1. The Kier molecular flexibility index (Phi) is 3.27. The number of aromatic nitrogens is 5. The fourth-order valence-electron chi connectivity index (χ4n) is 1.25. The molecule has 0 saturated carbocycles. The van der Waals surface area contributed by atoms with Crippen molar-refractivity contribution in [1.29, 1.82) is 0 Å². The van der Waals surface area contributed by atoms with Gasteiger partial charge in [-0.05, 0) is 12.5 Å². The molecule has 16 heavy (non-hydrogen) atoms. The van der Waals surface area contributed by atoms with Gasteiger partial charge in [-0.2, -0.15) is 4.98 Å². The third kappa shape index (κ3) is 2.91. The molecule has 7 heteroatoms. The van der Waals surface area contributed by atoms with Gasteiger partial charge < -0.3 is 11.1 Å². The van der Waals surface area contributed by atoms with Crippen molar-refractivity contribution in [2.75, 3.05) is 17.6 Å². The molecular weight excluding hydrogens is 206 g/mol. The second-order valence-corrected chi connectivity index (χ2v) is 3.25. The summed E-state index contributed by atoms with van der Waals surface area (Å²) in [6.45, 7) is 1.58. The lowest BCUT2D eigenvalue weighted by molar-refractivity contribution is 0.569. The van der Waals surface area contributed by atoms with E-state index in [0.717, 1.165) is 19.5 Å². The van der Waals surface area contributed by atoms with E-state index >= 15 is 0 Å². The summed E-state index contributed by atoms with van der Waals surface area (Å²) < 4.78 is 1.78. The summed E-state index contributed by atoms with van der Waals surface area (Å²) in [6.07, 6.45) is 6.04. The molecular formula is C9H13N7. The van der Waals surface area contributed by atoms with Crippen LogP contribution in [-0.2, 0) is 6.54 Å². The summed E-state index contributed by atoms with van der Waals surface area (Å²) in [5.41, 5.74) is 5.53. The Morgan fingerprint density at radius 2 is 2.31 bits per heavy atom. The lowest BCUT2D eigenvalue weighted by atomic mass is 10.4. The highest BCUT2D eigenvalue weighted by Crippen LogP contribution is 2.00. The maximum Gasteiger partial charge on any atom is 0.224 e. The Morgan fingerprint density at radius 3 is 3.06 bits per heavy atom. The minimum absolute atomic E-state index is 0.466. The van der Waals surface area contributed by atoms with Crippen molar-refractivity contribution in [2.45, 2.75) is 13.0 Å². The first-order valence-corrected chi connectivity index (χ1v) is 5.01. The fourth-order valence-corrected chi connectivity index (χ4v) is 1.25. The number of anilines is 2. The van der Waals surface area contributed by atoms with Crippen LogP contribution in [0.15, 0.2) is 24.7 Å². The van der Waals surface area contributed by atoms with Gasteiger partial charge >= 0.3 is 0 Å². The predicted octanol–water partition coefficient (Wildman–Crippen LogP) is 0.152. The number of nitrogen functional groups attached to an aromatic ring is 1. The largest absolute Gasteiger partial charge is 0.384 e. The van der Waals surface area contributed by atoms with Crippen molar-refractivity contribution in [3.8, 4) is 0 Å². The van der Waals surface area contributed by atoms with Crippen LogP contribution < -0.4 is 11.1 Å². The smallest absolute Gasteiger partial charge is 0.224 e. The first kappa shape index (κ1) is 10.3. The van der Waals surface area contributed by atoms with E-state index in [0.29, 0.717) is 11.8 Å². The van der Waals surface area contributed by atoms with Crippen LogP contribution >= 0.6 is 0 Å². The van der Waals surface area contributed by atoms with E-state index in [4.69, 9.17) is 5.73 Å². The van der Waals surface area contributed by atoms with E-state index in [1.807, 2.05) is 6.20 Å². The molecule has 0 spiro atoms. The molecule has 0 atom stereocenters. The summed E-state index contributed by atoms with van der Waals surface area (Å²) in [6, 6.07) is 1.65. The zero-order valence-corrected chi connectivity index (χ0v) is 8.74. The maximum absolute atomic E-state index is 5.53. The van der Waals surface area contributed by atoms with E-state index < -0.39 is 0 Å². The standard InChI is InChI=1S/C9H13N7/c10-8-2-4-12-9(14-8)11-3-1-6-16-7-5-13-15-16/h2,4-5,7H,1,3,6H2,(H3,10,11,12,14). The lowest BCUT2D eigenvalue weighted by Gasteiger charge is -2.04. The van der Waals surface area contributed by atoms with E-state index in [-0.39, 0.29) is 0 Å². The minimum atomic E-state index is 0.466. The molecule has 0 aromatic carbocycles. The Balaban J connectivity index is 1.72. The lowest BCUT2D eigenvalue weighted by Crippen LogP contribution is -2.09. The molecule has 0 aliphatic rings. The summed E-state index contributed by atoms with van der Waals surface area (Å²) in [7, 11) is 0. The van der Waals surface area contributed by atoms with Crippen molar-refractivity contribution in [1.82, 2.24) is 25.0 Å². The minimum Gasteiger partial charge on any atom is -0.384 e. The van der Waals surface area contributed by atoms with Gasteiger partial charge in [0.25, 0.3) is 0 Å². The van der Waals surface area contributed by atoms with Gasteiger partial charge in [-0.1, -0.05) is 5.21 Å². The van der Waals surface area contributed by atoms with Gasteiger partial charge in [-0.25, -0.2) is 4.98 Å². The topological polar surface area (TPSA) is 94.5 Å². The van der Waals surface area contributed by atoms with Gasteiger partial charge in [-0.15, -0.1) is 5.10 Å². The average Bonchev–Trinajstić information content (AvgIpc) is 2.77. The third-order valence-electron chi connectivity index (χ3n) is 2.00. The quantitative estimate of drug-likeness (QED) is 0.695. The molecule has 0 radical (unpaired) electrons. The van der Waals surface area contributed by atoms with Crippen LogP contribution in [-0.4, -0.2) is 31.5 Å². The van der Waals surface area contributed by atoms with Crippen LogP contribution in [0.2, 0.25) is 0 Å². The summed E-state index contributed by atoms with van der Waals surface area (Å²) in [4.78, 5) is 8.07. The maximum atomic E-state index is 5.53. The van der Waals surface area contributed by atoms with Crippen LogP contribution in [0.4, 0.5) is 11.8 Å². The average molecular weight is 219 g/mol. The number of aryl methyl sites for hydroxylation is 1. The Hall–Kier alpha value is -2.18. The molecule has 0 bridgehead atoms. The number of nitrogens with zero attached hydrogens (tertiary/aromatic N) is 5. The molecule has 2 rings (SSSR count). The third-order valence-corrected chi connectivity index (χ3v) is 2.00. The van der Waals surface area contributed by atoms with Crippen molar-refractivity contribution >= 4 is 11.8 Å². The Morgan fingerprint density at radius 1 is 1.38 bits per heavy atom. The molecule has 2 heterocycles. The Bertz CT molecular complexity index is 425. The molecule has 0 aliphatic heterocycles. The van der Waals surface area contributed by atoms with Crippen LogP contribution in [0.25, 0.3) is 0 Å². The normalized spacial score (nSPS) is 10.2. The first-order valence-electron chi connectivity index (χ1n) is 5.01. The van der Waals surface area contributed by atoms with Gasteiger partial charge in [0.15, 0.2) is 0 Å². The molecule has 2 aromatic rings. The van der Waals surface area contributed by atoms with Crippen LogP contribution in [0.3, 0.4) is 0 Å². The molecule has 0 aliphatic carbocycles. The van der Waals surface area contributed by atoms with Crippen molar-refractivity contribution in [3.05, 3.63) is 24.7 Å². The highest BCUT2D eigenvalue weighted by Gasteiger charge is 1.96. The van der Waals surface area contributed by atoms with Crippen molar-refractivity contribution < 1.29 is 0 Å². The molecule has 0 amide bonds. The molecule has 0 saturated heterocycles. The second-order valence-electron chi connectivity index (χ2n) is 3.25. The Labute approximate surface area is 92.7 Å². The van der Waals surface area contributed by atoms with Gasteiger partial charge in [0.05, 0.1) is 6.20 Å². The van der Waals surface area contributed by atoms with Crippen molar-refractivity contribution in [2.24, 2.45) is 0 Å². The van der Waals surface area contributed by atoms with E-state index in [1.165, 1.54) is 0 Å². The zero-order valence-electron chi connectivity index (χ0n) is 8.74. The van der Waals surface area contributed by atoms with Gasteiger partial charge in [-0.3, -0.25) is 4.68 Å². The van der Waals surface area contributed by atoms with E-state index in [9.17, 15) is 0 Å². The van der Waals surface area contributed by atoms with Crippen molar-refractivity contribution in [3.63, 3.8) is 0 Å². The summed E-state index contributed by atoms with van der Waals surface area (Å²) in [5.74, 6) is 1.02. The van der Waals surface area contributed by atoms with E-state index in [1.54, 1.807) is 23.1 Å². The highest BCUT2D eigenvalue weighted by molar-refractivity contribution is 5.34. The zero-order chi connectivity index (χ0) is 11.2. The van der Waals surface area contributed by atoms with Gasteiger partial charge in [0, 0.05) is 25.5 Å². The first-order chi connectivity index (χ1) is 7.84. The van der Waals surface area contributed by atoms with Crippen LogP contribution in [0.5, 0.6) is 0 Å². The number of hydrogen-bond donors (Lipinski definition) is 2. The second kappa shape index (κ2) is 5.06. The molecule has 7 nitrogen and oxygen atoms in total. The van der Waals surface area contributed by atoms with Gasteiger partial charge in [0.2, 0.25) is 5.95 Å². The molecule has 84 valence electrons. The number of hydrogen-bond acceptors (Lipinski definition) is 6. The van der Waals surface area contributed by atoms with Crippen LogP contribution in [0.1, 0.15) is 6.42 Å². The van der Waals surface area contributed by atoms with E-state index in [2.05, 4.69) is 25.6 Å². The highest BCUT2D eigenvalue weighted by atomic mass is 15.4. The SMILES string of the molecule is Nc1ccnc(NCCCn2ccnn2)n1. The molecule has 3 N–H and O–H groups in total.